The van der Waals surface area contributed by atoms with Gasteiger partial charge in [-0.3, -0.25) is 24.8 Å². The van der Waals surface area contributed by atoms with Gasteiger partial charge in [0.1, 0.15) is 12.1 Å². The summed E-state index contributed by atoms with van der Waals surface area (Å²) in [6.07, 6.45) is 8.06. The van der Waals surface area contributed by atoms with Crippen molar-refractivity contribution in [2.45, 2.75) is 103 Å². The Labute approximate surface area is 343 Å². The molecule has 0 radical (unpaired) electrons. The number of hydroxylamine groups is 1. The smallest absolute Gasteiger partial charge is 0.408 e. The average molecular weight is 793 g/mol. The third kappa shape index (κ3) is 10.7. The fraction of sp³-hybridized carbons (Fsp3) is 0.489. The zero-order chi connectivity index (χ0) is 41.1. The van der Waals surface area contributed by atoms with Gasteiger partial charge in [-0.2, -0.15) is 0 Å². The van der Waals surface area contributed by atoms with Crippen molar-refractivity contribution in [2.24, 2.45) is 23.7 Å². The number of carbonyl (C=O) groups is 4. The fourth-order valence-corrected chi connectivity index (χ4v) is 8.55. The summed E-state index contributed by atoms with van der Waals surface area (Å²) < 4.78 is 11.6. The molecule has 1 saturated carbocycles. The lowest BCUT2D eigenvalue weighted by atomic mass is 9.82. The Morgan fingerprint density at radius 2 is 1.47 bits per heavy atom. The third-order valence-electron chi connectivity index (χ3n) is 11.4. The van der Waals surface area contributed by atoms with E-state index in [4.69, 9.17) is 14.3 Å². The molecule has 11 nitrogen and oxygen atoms in total. The van der Waals surface area contributed by atoms with Gasteiger partial charge < -0.3 is 14.8 Å². The highest BCUT2D eigenvalue weighted by molar-refractivity contribution is 5.93. The first kappa shape index (κ1) is 42.6. The van der Waals surface area contributed by atoms with Gasteiger partial charge in [-0.1, -0.05) is 132 Å². The molecule has 1 saturated heterocycles. The van der Waals surface area contributed by atoms with Crippen molar-refractivity contribution >= 4 is 29.9 Å². The standard InChI is InChI=1S/C47H60N4O7/c1-32(2)29-40(39(24-16-19-34-17-6-5-7-18-34)44(53)50-58-42-25-12-15-28-56-42)43(52)49-51(30-33(3)4)45(54)47(26-13-14-27-47)48-46(55)57-31-41-37-22-10-8-20-35(37)36-21-9-11-23-38(36)41/h5-11,16-23,32-33,39-42H,12-15,24-31H2,1-4H3,(H,48,55)(H,49,52)(H,50,53)/t39-,40+,42?/m0/s1. The van der Waals surface area contributed by atoms with E-state index in [1.807, 2.05) is 94.4 Å². The van der Waals surface area contributed by atoms with Gasteiger partial charge in [-0.15, -0.1) is 0 Å². The summed E-state index contributed by atoms with van der Waals surface area (Å²) in [4.78, 5) is 62.7. The van der Waals surface area contributed by atoms with Crippen LogP contribution in [0.25, 0.3) is 17.2 Å². The van der Waals surface area contributed by atoms with Crippen LogP contribution in [-0.4, -0.2) is 60.4 Å². The highest BCUT2D eigenvalue weighted by Gasteiger charge is 2.47. The van der Waals surface area contributed by atoms with Crippen LogP contribution in [0.2, 0.25) is 0 Å². The molecule has 3 aromatic rings. The first-order valence-corrected chi connectivity index (χ1v) is 21.1. The predicted molar refractivity (Wildman–Crippen MR) is 223 cm³/mol. The van der Waals surface area contributed by atoms with Gasteiger partial charge in [0.05, 0.1) is 11.8 Å². The topological polar surface area (TPSA) is 135 Å². The van der Waals surface area contributed by atoms with Crippen LogP contribution in [0.15, 0.2) is 84.9 Å². The summed E-state index contributed by atoms with van der Waals surface area (Å²) in [6.45, 7) is 8.82. The molecule has 4 amide bonds. The van der Waals surface area contributed by atoms with E-state index in [9.17, 15) is 19.2 Å². The maximum absolute atomic E-state index is 14.7. The number of fused-ring (bicyclic) bond motifs is 3. The second kappa shape index (κ2) is 20.1. The monoisotopic (exact) mass is 792 g/mol. The lowest BCUT2D eigenvalue weighted by Crippen LogP contribution is -2.63. The van der Waals surface area contributed by atoms with Gasteiger partial charge in [0, 0.05) is 25.5 Å². The molecule has 0 aromatic heterocycles. The Morgan fingerprint density at radius 1 is 0.810 bits per heavy atom. The summed E-state index contributed by atoms with van der Waals surface area (Å²) in [5.74, 6) is -3.00. The number of ether oxygens (including phenoxy) is 2. The molecular weight excluding hydrogens is 733 g/mol. The van der Waals surface area contributed by atoms with Gasteiger partial charge in [0.15, 0.2) is 6.29 Å². The number of hydrogen-bond acceptors (Lipinski definition) is 7. The number of nitrogens with zero attached hydrogens (tertiary/aromatic N) is 1. The molecule has 3 aliphatic rings. The Kier molecular flexibility index (Phi) is 14.8. The zero-order valence-corrected chi connectivity index (χ0v) is 34.4. The number of alkyl carbamates (subject to hydrolysis) is 1. The third-order valence-corrected chi connectivity index (χ3v) is 11.4. The van der Waals surface area contributed by atoms with Crippen LogP contribution < -0.4 is 16.2 Å². The van der Waals surface area contributed by atoms with Crippen LogP contribution in [0.5, 0.6) is 0 Å². The lowest BCUT2D eigenvalue weighted by molar-refractivity contribution is -0.203. The summed E-state index contributed by atoms with van der Waals surface area (Å²) >= 11 is 0. The fourth-order valence-electron chi connectivity index (χ4n) is 8.55. The highest BCUT2D eigenvalue weighted by atomic mass is 16.8. The van der Waals surface area contributed by atoms with Crippen molar-refractivity contribution in [3.05, 3.63) is 102 Å². The molecule has 1 unspecified atom stereocenters. The second-order valence-corrected chi connectivity index (χ2v) is 16.8. The summed E-state index contributed by atoms with van der Waals surface area (Å²) in [5, 5.41) is 4.34. The molecule has 3 aromatic carbocycles. The number of hydrazine groups is 1. The number of amides is 4. The minimum Gasteiger partial charge on any atom is -0.449 e. The van der Waals surface area contributed by atoms with Crippen LogP contribution in [0.3, 0.4) is 0 Å². The molecule has 58 heavy (non-hydrogen) atoms. The van der Waals surface area contributed by atoms with E-state index >= 15 is 0 Å². The van der Waals surface area contributed by atoms with Gasteiger partial charge in [-0.05, 0) is 78.2 Å². The van der Waals surface area contributed by atoms with E-state index in [1.54, 1.807) is 0 Å². The Hall–Kier alpha value is -5.00. The van der Waals surface area contributed by atoms with Gasteiger partial charge in [0.2, 0.25) is 11.8 Å². The Bertz CT molecular complexity index is 1840. The number of hydrogen-bond donors (Lipinski definition) is 3. The minimum atomic E-state index is -1.26. The van der Waals surface area contributed by atoms with Crippen LogP contribution >= 0.6 is 0 Å². The Morgan fingerprint density at radius 3 is 2.09 bits per heavy atom. The average Bonchev–Trinajstić information content (AvgIpc) is 3.83. The first-order chi connectivity index (χ1) is 28.0. The van der Waals surface area contributed by atoms with Crippen molar-refractivity contribution in [3.8, 4) is 11.1 Å². The van der Waals surface area contributed by atoms with Gasteiger partial charge in [-0.25, -0.2) is 15.1 Å². The SMILES string of the molecule is CC(C)C[C@@H](C(=O)NN(CC(C)C)C(=O)C1(NC(=O)OCC2c3ccccc3-c3ccccc32)CCCC1)[C@H](CC=Cc1ccccc1)C(=O)NOC1CCCCO1. The van der Waals surface area contributed by atoms with Crippen LogP contribution in [-0.2, 0) is 28.7 Å². The Balaban J connectivity index is 1.19. The number of carbonyl (C=O) groups excluding carboxylic acids is 4. The van der Waals surface area contributed by atoms with E-state index < -0.39 is 47.5 Å². The van der Waals surface area contributed by atoms with Gasteiger partial charge >= 0.3 is 6.09 Å². The van der Waals surface area contributed by atoms with Gasteiger partial charge in [0.25, 0.3) is 5.91 Å². The molecular formula is C47H60N4O7. The van der Waals surface area contributed by atoms with Crippen molar-refractivity contribution < 1.29 is 33.5 Å². The molecule has 2 aliphatic carbocycles. The molecule has 3 N–H and O–H groups in total. The summed E-state index contributed by atoms with van der Waals surface area (Å²) in [5.41, 5.74) is 9.73. The van der Waals surface area contributed by atoms with Crippen LogP contribution in [0.4, 0.5) is 4.79 Å². The van der Waals surface area contributed by atoms with E-state index in [1.165, 1.54) is 5.01 Å². The second-order valence-electron chi connectivity index (χ2n) is 16.8. The molecule has 310 valence electrons. The van der Waals surface area contributed by atoms with Crippen LogP contribution in [0, 0.1) is 23.7 Å². The van der Waals surface area contributed by atoms with E-state index in [0.717, 1.165) is 53.5 Å². The summed E-state index contributed by atoms with van der Waals surface area (Å²) in [6, 6.07) is 26.1. The largest absolute Gasteiger partial charge is 0.449 e. The normalized spacial score (nSPS) is 18.3. The van der Waals surface area contributed by atoms with E-state index in [2.05, 4.69) is 40.5 Å². The molecule has 0 spiro atoms. The maximum atomic E-state index is 14.7. The lowest BCUT2D eigenvalue weighted by Gasteiger charge is -2.37. The number of allylic oxidation sites excluding steroid dienone is 1. The molecule has 1 aliphatic heterocycles. The van der Waals surface area contributed by atoms with Crippen molar-refractivity contribution in [1.29, 1.82) is 0 Å². The van der Waals surface area contributed by atoms with E-state index in [0.29, 0.717) is 32.3 Å². The van der Waals surface area contributed by atoms with Crippen molar-refractivity contribution in [3.63, 3.8) is 0 Å². The number of benzene rings is 3. The number of nitrogens with one attached hydrogen (secondary N) is 3. The van der Waals surface area contributed by atoms with Crippen molar-refractivity contribution in [2.75, 3.05) is 19.8 Å². The molecule has 11 heteroatoms. The van der Waals surface area contributed by atoms with Crippen LogP contribution in [0.1, 0.15) is 108 Å². The number of rotatable bonds is 16. The minimum absolute atomic E-state index is 0.0162. The first-order valence-electron chi connectivity index (χ1n) is 21.1. The maximum Gasteiger partial charge on any atom is 0.408 e. The van der Waals surface area contributed by atoms with Crippen molar-refractivity contribution in [1.82, 2.24) is 21.2 Å². The molecule has 0 bridgehead atoms. The highest BCUT2D eigenvalue weighted by Crippen LogP contribution is 2.44. The summed E-state index contributed by atoms with van der Waals surface area (Å²) in [7, 11) is 0. The quantitative estimate of drug-likeness (QED) is 0.124. The van der Waals surface area contributed by atoms with E-state index in [-0.39, 0.29) is 37.3 Å². The molecule has 3 atom stereocenters. The molecule has 2 fully saturated rings. The zero-order valence-electron chi connectivity index (χ0n) is 34.4. The molecule has 6 rings (SSSR count). The predicted octanol–water partition coefficient (Wildman–Crippen LogP) is 8.31. The molecule has 1 heterocycles.